The van der Waals surface area contributed by atoms with Crippen molar-refractivity contribution in [3.63, 3.8) is 0 Å². The minimum atomic E-state index is -0.187. The normalized spacial score (nSPS) is 15.2. The summed E-state index contributed by atoms with van der Waals surface area (Å²) in [5.41, 5.74) is 2.66. The summed E-state index contributed by atoms with van der Waals surface area (Å²) in [6.07, 6.45) is 1.27. The van der Waals surface area contributed by atoms with Gasteiger partial charge >= 0.3 is 0 Å². The number of anilines is 1. The van der Waals surface area contributed by atoms with Gasteiger partial charge in [0.25, 0.3) is 5.91 Å². The minimum absolute atomic E-state index is 0.0919. The Balaban J connectivity index is 1.53. The summed E-state index contributed by atoms with van der Waals surface area (Å²) >= 11 is 2.77. The number of Topliss-reactive ketones (excluding diaryl/α,β-unsaturated/α-hetero) is 1. The van der Waals surface area contributed by atoms with Gasteiger partial charge in [-0.1, -0.05) is 73.7 Å². The van der Waals surface area contributed by atoms with Gasteiger partial charge in [-0.15, -0.1) is 11.3 Å². The van der Waals surface area contributed by atoms with Crippen molar-refractivity contribution >= 4 is 49.6 Å². The maximum Gasteiger partial charge on any atom is 0.268 e. The molecule has 1 N–H and O–H groups in total. The minimum Gasteiger partial charge on any atom is -0.297 e. The van der Waals surface area contributed by atoms with Crippen molar-refractivity contribution in [3.8, 4) is 11.1 Å². The fourth-order valence-corrected chi connectivity index (χ4v) is 6.06. The molecular weight excluding hydrogens is 412 g/mol. The average Bonchev–Trinajstić information content (AvgIpc) is 3.29. The summed E-state index contributed by atoms with van der Waals surface area (Å²) in [5, 5.41) is 4.52. The molecule has 0 radical (unpaired) electrons. The molecule has 1 amide bonds. The molecule has 2 aromatic heterocycles. The van der Waals surface area contributed by atoms with E-state index in [-0.39, 0.29) is 17.1 Å². The van der Waals surface area contributed by atoms with Crippen molar-refractivity contribution < 1.29 is 9.59 Å². The first-order valence-corrected chi connectivity index (χ1v) is 11.5. The van der Waals surface area contributed by atoms with Crippen LogP contribution in [0.25, 0.3) is 21.2 Å². The first-order valence-electron chi connectivity index (χ1n) is 9.82. The average molecular weight is 433 g/mol. The van der Waals surface area contributed by atoms with Gasteiger partial charge in [-0.05, 0) is 23.5 Å². The van der Waals surface area contributed by atoms with E-state index >= 15 is 0 Å². The van der Waals surface area contributed by atoms with Gasteiger partial charge in [0.05, 0.1) is 10.6 Å². The van der Waals surface area contributed by atoms with Crippen molar-refractivity contribution in [2.24, 2.45) is 5.41 Å². The Hall–Kier alpha value is -2.83. The van der Waals surface area contributed by atoms with Crippen LogP contribution in [-0.4, -0.2) is 16.7 Å². The molecule has 0 unspecified atom stereocenters. The van der Waals surface area contributed by atoms with Gasteiger partial charge in [0.1, 0.15) is 4.88 Å². The number of ketones is 1. The molecule has 150 valence electrons. The molecule has 0 spiro atoms. The highest BCUT2D eigenvalue weighted by molar-refractivity contribution is 7.22. The van der Waals surface area contributed by atoms with Crippen molar-refractivity contribution in [2.45, 2.75) is 26.7 Å². The molecule has 4 nitrogen and oxygen atoms in total. The summed E-state index contributed by atoms with van der Waals surface area (Å²) in [6.45, 7) is 4.16. The quantitative estimate of drug-likeness (QED) is 0.406. The van der Waals surface area contributed by atoms with E-state index in [0.29, 0.717) is 21.3 Å². The Kier molecular flexibility index (Phi) is 4.56. The van der Waals surface area contributed by atoms with Gasteiger partial charge in [-0.2, -0.15) is 0 Å². The van der Waals surface area contributed by atoms with Gasteiger partial charge in [-0.25, -0.2) is 4.98 Å². The van der Waals surface area contributed by atoms with E-state index in [2.05, 4.69) is 24.1 Å². The molecule has 1 aliphatic carbocycles. The number of amides is 1. The molecule has 0 bridgehead atoms. The van der Waals surface area contributed by atoms with Crippen molar-refractivity contribution in [2.75, 3.05) is 5.32 Å². The number of hydrogen-bond acceptors (Lipinski definition) is 5. The van der Waals surface area contributed by atoms with Gasteiger partial charge < -0.3 is 0 Å². The second-order valence-electron chi connectivity index (χ2n) is 8.36. The zero-order valence-corrected chi connectivity index (χ0v) is 18.3. The molecule has 2 heterocycles. The number of carbonyl (C=O) groups is 2. The van der Waals surface area contributed by atoms with Crippen LogP contribution < -0.4 is 5.32 Å². The first-order chi connectivity index (χ1) is 14.4. The molecule has 1 aliphatic rings. The highest BCUT2D eigenvalue weighted by atomic mass is 32.1. The van der Waals surface area contributed by atoms with Crippen LogP contribution in [0.2, 0.25) is 0 Å². The standard InChI is InChI=1S/C24H20N2O2S2/c1-24(2)12-16-20(17(27)13-24)30-23(25-16)26-22(28)21-19(14-8-4-3-5-9-14)15-10-6-7-11-18(15)29-21/h3-11H,12-13H2,1-2H3,(H,25,26,28). The number of fused-ring (bicyclic) bond motifs is 2. The van der Waals surface area contributed by atoms with E-state index in [9.17, 15) is 9.59 Å². The summed E-state index contributed by atoms with van der Waals surface area (Å²) < 4.78 is 1.07. The van der Waals surface area contributed by atoms with E-state index < -0.39 is 0 Å². The number of benzene rings is 2. The summed E-state index contributed by atoms with van der Waals surface area (Å²) in [5.74, 6) is -0.0704. The Morgan fingerprint density at radius 3 is 2.53 bits per heavy atom. The molecule has 0 saturated heterocycles. The van der Waals surface area contributed by atoms with E-state index in [1.54, 1.807) is 0 Å². The van der Waals surface area contributed by atoms with E-state index in [4.69, 9.17) is 0 Å². The molecule has 5 rings (SSSR count). The summed E-state index contributed by atoms with van der Waals surface area (Å²) in [6, 6.07) is 18.0. The zero-order chi connectivity index (χ0) is 20.9. The Morgan fingerprint density at radius 2 is 1.73 bits per heavy atom. The first kappa shape index (κ1) is 19.2. The van der Waals surface area contributed by atoms with Crippen LogP contribution in [-0.2, 0) is 6.42 Å². The van der Waals surface area contributed by atoms with Crippen LogP contribution in [0.15, 0.2) is 54.6 Å². The Labute approximate surface area is 182 Å². The molecule has 6 heteroatoms. The molecule has 0 saturated carbocycles. The molecule has 0 fully saturated rings. The third-order valence-corrected chi connectivity index (χ3v) is 7.54. The number of nitrogens with one attached hydrogen (secondary N) is 1. The summed E-state index contributed by atoms with van der Waals surface area (Å²) in [7, 11) is 0. The predicted octanol–water partition coefficient (Wildman–Crippen LogP) is 6.43. The number of thiazole rings is 1. The van der Waals surface area contributed by atoms with Gasteiger partial charge in [0, 0.05) is 22.1 Å². The van der Waals surface area contributed by atoms with Crippen LogP contribution >= 0.6 is 22.7 Å². The van der Waals surface area contributed by atoms with Crippen LogP contribution in [0.1, 0.15) is 45.3 Å². The number of carbonyl (C=O) groups excluding carboxylic acids is 2. The molecule has 4 aromatic rings. The van der Waals surface area contributed by atoms with Crippen LogP contribution in [0.4, 0.5) is 5.13 Å². The van der Waals surface area contributed by atoms with Crippen molar-refractivity contribution in [1.82, 2.24) is 4.98 Å². The van der Waals surface area contributed by atoms with E-state index in [1.807, 2.05) is 54.6 Å². The smallest absolute Gasteiger partial charge is 0.268 e. The lowest BCUT2D eigenvalue weighted by Gasteiger charge is -2.26. The lowest BCUT2D eigenvalue weighted by molar-refractivity contribution is 0.0915. The largest absolute Gasteiger partial charge is 0.297 e. The third kappa shape index (κ3) is 3.36. The highest BCUT2D eigenvalue weighted by Crippen LogP contribution is 2.41. The van der Waals surface area contributed by atoms with Crippen LogP contribution in [0.3, 0.4) is 0 Å². The molecule has 0 aliphatic heterocycles. The summed E-state index contributed by atoms with van der Waals surface area (Å²) in [4.78, 5) is 31.7. The van der Waals surface area contributed by atoms with Gasteiger partial charge in [0.2, 0.25) is 0 Å². The number of aromatic nitrogens is 1. The molecule has 30 heavy (non-hydrogen) atoms. The second-order valence-corrected chi connectivity index (χ2v) is 10.4. The number of thiophene rings is 1. The monoisotopic (exact) mass is 432 g/mol. The number of rotatable bonds is 3. The van der Waals surface area contributed by atoms with Crippen molar-refractivity contribution in [3.05, 3.63) is 70.0 Å². The van der Waals surface area contributed by atoms with Gasteiger partial charge in [0.15, 0.2) is 10.9 Å². The fraction of sp³-hybridized carbons (Fsp3) is 0.208. The molecular formula is C24H20N2O2S2. The van der Waals surface area contributed by atoms with E-state index in [1.165, 1.54) is 22.7 Å². The second kappa shape index (κ2) is 7.15. The Bertz CT molecular complexity index is 1290. The maximum atomic E-state index is 13.3. The zero-order valence-electron chi connectivity index (χ0n) is 16.7. The maximum absolute atomic E-state index is 13.3. The number of nitrogens with zero attached hydrogens (tertiary/aromatic N) is 1. The lowest BCUT2D eigenvalue weighted by atomic mass is 9.78. The molecule has 0 atom stereocenters. The molecule has 2 aromatic carbocycles. The van der Waals surface area contributed by atoms with Crippen molar-refractivity contribution in [1.29, 1.82) is 0 Å². The topological polar surface area (TPSA) is 59.1 Å². The van der Waals surface area contributed by atoms with Gasteiger partial charge in [-0.3, -0.25) is 14.9 Å². The van der Waals surface area contributed by atoms with Crippen LogP contribution in [0, 0.1) is 5.41 Å². The fourth-order valence-electron chi connectivity index (χ4n) is 4.02. The van der Waals surface area contributed by atoms with Crippen LogP contribution in [0.5, 0.6) is 0 Å². The number of hydrogen-bond donors (Lipinski definition) is 1. The Morgan fingerprint density at radius 1 is 1.00 bits per heavy atom. The SMILES string of the molecule is CC1(C)CC(=O)c2sc(NC(=O)c3sc4ccccc4c3-c3ccccc3)nc2C1. The highest BCUT2D eigenvalue weighted by Gasteiger charge is 2.34. The third-order valence-electron chi connectivity index (χ3n) is 5.32. The lowest BCUT2D eigenvalue weighted by Crippen LogP contribution is -2.26. The predicted molar refractivity (Wildman–Crippen MR) is 124 cm³/mol. The van der Waals surface area contributed by atoms with E-state index in [0.717, 1.165) is 33.3 Å².